The number of halogens is 1. The van der Waals surface area contributed by atoms with Gasteiger partial charge in [0.25, 0.3) is 5.91 Å². The molecule has 0 spiro atoms. The quantitative estimate of drug-likeness (QED) is 0.876. The molecule has 5 nitrogen and oxygen atoms in total. The number of hydrogen-bond donors (Lipinski definition) is 2. The number of carbonyl (C=O) groups excluding carboxylic acids is 1. The van der Waals surface area contributed by atoms with Gasteiger partial charge in [-0.15, -0.1) is 10.2 Å². The Morgan fingerprint density at radius 2 is 2.24 bits per heavy atom. The van der Waals surface area contributed by atoms with Crippen molar-refractivity contribution in [2.24, 2.45) is 0 Å². The van der Waals surface area contributed by atoms with Crippen LogP contribution in [0.3, 0.4) is 0 Å². The Balaban J connectivity index is 2.24. The molecule has 3 N–H and O–H groups in total. The summed E-state index contributed by atoms with van der Waals surface area (Å²) in [6.45, 7) is 1.86. The summed E-state index contributed by atoms with van der Waals surface area (Å²) in [6.07, 6.45) is 0. The van der Waals surface area contributed by atoms with Crippen LogP contribution in [0.4, 0.5) is 10.8 Å². The summed E-state index contributed by atoms with van der Waals surface area (Å²) in [5, 5.41) is 10.9. The first-order valence-corrected chi connectivity index (χ1v) is 5.93. The number of rotatable bonds is 2. The van der Waals surface area contributed by atoms with Gasteiger partial charge in [0.1, 0.15) is 0 Å². The number of aromatic nitrogens is 2. The van der Waals surface area contributed by atoms with Gasteiger partial charge in [0.2, 0.25) is 10.1 Å². The lowest BCUT2D eigenvalue weighted by atomic mass is 10.2. The van der Waals surface area contributed by atoms with Crippen LogP contribution in [0.2, 0.25) is 5.02 Å². The number of amides is 1. The van der Waals surface area contributed by atoms with E-state index in [9.17, 15) is 4.79 Å². The van der Waals surface area contributed by atoms with Gasteiger partial charge < -0.3 is 11.1 Å². The highest BCUT2D eigenvalue weighted by atomic mass is 35.5. The molecule has 1 aromatic carbocycles. The van der Waals surface area contributed by atoms with E-state index in [1.54, 1.807) is 6.07 Å². The van der Waals surface area contributed by atoms with Crippen LogP contribution in [-0.2, 0) is 0 Å². The molecule has 0 fully saturated rings. The third-order valence-corrected chi connectivity index (χ3v) is 3.16. The van der Waals surface area contributed by atoms with Gasteiger partial charge in [0.05, 0.1) is 10.7 Å². The molecule has 2 aromatic rings. The van der Waals surface area contributed by atoms with Crippen molar-refractivity contribution in [3.63, 3.8) is 0 Å². The lowest BCUT2D eigenvalue weighted by Gasteiger charge is -2.08. The molecule has 0 aliphatic rings. The summed E-state index contributed by atoms with van der Waals surface area (Å²) in [6, 6.07) is 5.38. The summed E-state index contributed by atoms with van der Waals surface area (Å²) < 4.78 is 0. The number of carbonyl (C=O) groups is 1. The van der Waals surface area contributed by atoms with Gasteiger partial charge in [-0.1, -0.05) is 35.1 Å². The molecule has 1 amide bonds. The van der Waals surface area contributed by atoms with Crippen molar-refractivity contribution in [3.8, 4) is 0 Å². The van der Waals surface area contributed by atoms with Crippen molar-refractivity contribution < 1.29 is 4.79 Å². The predicted molar refractivity (Wildman–Crippen MR) is 68.5 cm³/mol. The third kappa shape index (κ3) is 2.54. The number of nitrogens with one attached hydrogen (secondary N) is 1. The maximum Gasteiger partial charge on any atom is 0.286 e. The van der Waals surface area contributed by atoms with Crippen LogP contribution in [0.5, 0.6) is 0 Å². The minimum atomic E-state index is -0.365. The Kier molecular flexibility index (Phi) is 3.26. The fraction of sp³-hybridized carbons (Fsp3) is 0.100. The maximum atomic E-state index is 11.8. The molecule has 7 heteroatoms. The number of aryl methyl sites for hydroxylation is 1. The highest BCUT2D eigenvalue weighted by Gasteiger charge is 2.14. The van der Waals surface area contributed by atoms with Crippen molar-refractivity contribution in [2.75, 3.05) is 11.1 Å². The third-order valence-electron chi connectivity index (χ3n) is 2.10. The maximum absolute atomic E-state index is 11.8. The molecule has 1 aromatic heterocycles. The lowest BCUT2D eigenvalue weighted by molar-refractivity contribution is 0.102. The molecular weight excluding hydrogens is 260 g/mol. The van der Waals surface area contributed by atoms with E-state index < -0.39 is 0 Å². The number of benzene rings is 1. The molecule has 0 bridgehead atoms. The zero-order chi connectivity index (χ0) is 12.4. The second-order valence-electron chi connectivity index (χ2n) is 3.33. The van der Waals surface area contributed by atoms with Gasteiger partial charge in [0.15, 0.2) is 0 Å². The van der Waals surface area contributed by atoms with Crippen LogP contribution in [0.15, 0.2) is 18.2 Å². The molecule has 17 heavy (non-hydrogen) atoms. The van der Waals surface area contributed by atoms with Crippen molar-refractivity contribution in [2.45, 2.75) is 6.92 Å². The second-order valence-corrected chi connectivity index (χ2v) is 4.75. The Hall–Kier alpha value is -1.66. The summed E-state index contributed by atoms with van der Waals surface area (Å²) >= 11 is 7.02. The first kappa shape index (κ1) is 11.8. The Morgan fingerprint density at radius 1 is 1.47 bits per heavy atom. The number of nitrogens with two attached hydrogens (primary N) is 1. The molecule has 0 saturated carbocycles. The average Bonchev–Trinajstić information content (AvgIpc) is 2.70. The average molecular weight is 269 g/mol. The van der Waals surface area contributed by atoms with E-state index in [-0.39, 0.29) is 16.0 Å². The van der Waals surface area contributed by atoms with Gasteiger partial charge in [-0.2, -0.15) is 0 Å². The Labute approximate surface area is 107 Å². The first-order chi connectivity index (χ1) is 8.08. The molecule has 0 saturated heterocycles. The van der Waals surface area contributed by atoms with Crippen LogP contribution in [-0.4, -0.2) is 16.1 Å². The van der Waals surface area contributed by atoms with E-state index in [0.29, 0.717) is 10.7 Å². The van der Waals surface area contributed by atoms with Crippen LogP contribution in [0, 0.1) is 6.92 Å². The van der Waals surface area contributed by atoms with E-state index >= 15 is 0 Å². The molecule has 0 unspecified atom stereocenters. The fourth-order valence-electron chi connectivity index (χ4n) is 1.28. The van der Waals surface area contributed by atoms with Crippen LogP contribution < -0.4 is 11.1 Å². The molecule has 0 atom stereocenters. The van der Waals surface area contributed by atoms with Gasteiger partial charge in [-0.3, -0.25) is 4.79 Å². The SMILES string of the molecule is Cc1cccc(Cl)c1NC(=O)c1nnc(N)s1. The normalized spacial score (nSPS) is 10.2. The summed E-state index contributed by atoms with van der Waals surface area (Å²) in [7, 11) is 0. The monoisotopic (exact) mass is 268 g/mol. The van der Waals surface area contributed by atoms with Gasteiger partial charge in [-0.05, 0) is 18.6 Å². The largest absolute Gasteiger partial charge is 0.374 e. The number of anilines is 2. The van der Waals surface area contributed by atoms with E-state index in [0.717, 1.165) is 16.9 Å². The van der Waals surface area contributed by atoms with Crippen molar-refractivity contribution in [1.82, 2.24) is 10.2 Å². The van der Waals surface area contributed by atoms with E-state index in [4.69, 9.17) is 17.3 Å². The zero-order valence-corrected chi connectivity index (χ0v) is 10.5. The smallest absolute Gasteiger partial charge is 0.286 e. The molecule has 0 aliphatic carbocycles. The van der Waals surface area contributed by atoms with Crippen molar-refractivity contribution in [3.05, 3.63) is 33.8 Å². The molecule has 0 aliphatic heterocycles. The highest BCUT2D eigenvalue weighted by molar-refractivity contribution is 7.17. The minimum Gasteiger partial charge on any atom is -0.374 e. The Bertz CT molecular complexity index is 549. The zero-order valence-electron chi connectivity index (χ0n) is 8.90. The lowest BCUT2D eigenvalue weighted by Crippen LogP contribution is -2.12. The molecule has 88 valence electrons. The van der Waals surface area contributed by atoms with E-state index in [1.165, 1.54) is 0 Å². The molecule has 1 heterocycles. The van der Waals surface area contributed by atoms with Gasteiger partial charge in [-0.25, -0.2) is 0 Å². The highest BCUT2D eigenvalue weighted by Crippen LogP contribution is 2.26. The van der Waals surface area contributed by atoms with E-state index in [2.05, 4.69) is 15.5 Å². The first-order valence-electron chi connectivity index (χ1n) is 4.73. The number of hydrogen-bond acceptors (Lipinski definition) is 5. The molecule has 2 rings (SSSR count). The Morgan fingerprint density at radius 3 is 2.82 bits per heavy atom. The van der Waals surface area contributed by atoms with Crippen LogP contribution in [0.25, 0.3) is 0 Å². The number of para-hydroxylation sites is 1. The minimum absolute atomic E-state index is 0.210. The van der Waals surface area contributed by atoms with Gasteiger partial charge in [0, 0.05) is 0 Å². The van der Waals surface area contributed by atoms with Crippen molar-refractivity contribution in [1.29, 1.82) is 0 Å². The number of nitrogen functional groups attached to an aromatic ring is 1. The summed E-state index contributed by atoms with van der Waals surface area (Å²) in [5.41, 5.74) is 6.86. The fourth-order valence-corrected chi connectivity index (χ4v) is 2.06. The molecule has 0 radical (unpaired) electrons. The van der Waals surface area contributed by atoms with Gasteiger partial charge >= 0.3 is 0 Å². The molecular formula is C10H9ClN4OS. The number of nitrogens with zero attached hydrogens (tertiary/aromatic N) is 2. The van der Waals surface area contributed by atoms with Crippen LogP contribution in [0.1, 0.15) is 15.4 Å². The van der Waals surface area contributed by atoms with Crippen molar-refractivity contribution >= 4 is 39.7 Å². The standard InChI is InChI=1S/C10H9ClN4OS/c1-5-3-2-4-6(11)7(5)13-8(16)9-14-15-10(12)17-9/h2-4H,1H3,(H2,12,15)(H,13,16). The summed E-state index contributed by atoms with van der Waals surface area (Å²) in [4.78, 5) is 11.8. The van der Waals surface area contributed by atoms with E-state index in [1.807, 2.05) is 19.1 Å². The van der Waals surface area contributed by atoms with Crippen LogP contribution >= 0.6 is 22.9 Å². The second kappa shape index (κ2) is 4.68. The predicted octanol–water partition coefficient (Wildman–Crippen LogP) is 2.33. The summed E-state index contributed by atoms with van der Waals surface area (Å²) in [5.74, 6) is -0.365. The topological polar surface area (TPSA) is 80.9 Å².